The summed E-state index contributed by atoms with van der Waals surface area (Å²) in [4.78, 5) is 93.6. The molecule has 46 heavy (non-hydrogen) atoms. The van der Waals surface area contributed by atoms with E-state index in [4.69, 9.17) is 21.4 Å². The number of aliphatic carboxylic acids is 3. The monoisotopic (exact) mass is 647 g/mol. The van der Waals surface area contributed by atoms with Gasteiger partial charge in [-0.05, 0) is 24.5 Å². The first-order valence-corrected chi connectivity index (χ1v) is 13.7. The molecule has 2 heterocycles. The average molecular weight is 648 g/mol. The molecule has 0 saturated heterocycles. The lowest BCUT2D eigenvalue weighted by Gasteiger charge is -2.32. The lowest BCUT2D eigenvalue weighted by molar-refractivity contribution is -0.162. The third-order valence-electron chi connectivity index (χ3n) is 6.53. The lowest BCUT2D eigenvalue weighted by atomic mass is 10.0. The number of para-hydroxylation sites is 1. The summed E-state index contributed by atoms with van der Waals surface area (Å²) in [6.07, 6.45) is 2.09. The summed E-state index contributed by atoms with van der Waals surface area (Å²) in [5.74, 6) is -7.99. The second kappa shape index (κ2) is 17.7. The molecule has 2 aromatic heterocycles. The minimum Gasteiger partial charge on any atom is -0.481 e. The van der Waals surface area contributed by atoms with Crippen LogP contribution in [-0.4, -0.2) is 108 Å². The highest BCUT2D eigenvalue weighted by molar-refractivity contribution is 6.05. The smallest absolute Gasteiger partial charge is 0.327 e. The van der Waals surface area contributed by atoms with Crippen LogP contribution in [0.2, 0.25) is 0 Å². The van der Waals surface area contributed by atoms with Crippen molar-refractivity contribution in [3.63, 3.8) is 0 Å². The van der Waals surface area contributed by atoms with Crippen molar-refractivity contribution in [2.45, 2.75) is 56.3 Å². The molecular weight excluding hydrogens is 613 g/mol. The lowest BCUT2D eigenvalue weighted by Crippen LogP contribution is -2.61. The number of hydrogen-bond donors (Lipinski definition) is 8. The SMILES string of the molecule is NC(CCC(=O)O)C(=O)NC(Cc1cnc[nH]1)C(=O)N(C(=O)C(N)Cc1c[nH]c2ccccc12)C(CC(=O)O)C(=O)O.O=CCF. The Bertz CT molecular complexity index is 1530. The number of amides is 3. The van der Waals surface area contributed by atoms with Crippen molar-refractivity contribution in [2.75, 3.05) is 6.67 Å². The molecule has 1 aromatic carbocycles. The fraction of sp³-hybridized carbons (Fsp3) is 0.357. The van der Waals surface area contributed by atoms with Gasteiger partial charge in [0.05, 0.1) is 24.8 Å². The zero-order chi connectivity index (χ0) is 34.4. The third-order valence-corrected chi connectivity index (χ3v) is 6.53. The minimum absolute atomic E-state index is 0.135. The van der Waals surface area contributed by atoms with Crippen LogP contribution in [0.1, 0.15) is 30.5 Å². The van der Waals surface area contributed by atoms with Gasteiger partial charge in [0.1, 0.15) is 18.8 Å². The number of carboxylic acids is 3. The van der Waals surface area contributed by atoms with Crippen LogP contribution < -0.4 is 16.8 Å². The fourth-order valence-corrected chi connectivity index (χ4v) is 4.35. The summed E-state index contributed by atoms with van der Waals surface area (Å²) in [5.41, 5.74) is 13.6. The molecular formula is C28H34FN7O10. The Morgan fingerprint density at radius 1 is 0.978 bits per heavy atom. The Morgan fingerprint density at radius 3 is 2.22 bits per heavy atom. The van der Waals surface area contributed by atoms with Crippen molar-refractivity contribution >= 4 is 52.8 Å². The van der Waals surface area contributed by atoms with E-state index in [0.717, 1.165) is 10.9 Å². The summed E-state index contributed by atoms with van der Waals surface area (Å²) in [6.45, 7) is -0.861. The quantitative estimate of drug-likeness (QED) is 0.0877. The molecule has 0 aliphatic carbocycles. The molecule has 4 unspecified atom stereocenters. The predicted molar refractivity (Wildman–Crippen MR) is 157 cm³/mol. The van der Waals surface area contributed by atoms with Gasteiger partial charge in [0.2, 0.25) is 11.8 Å². The zero-order valence-corrected chi connectivity index (χ0v) is 24.3. The van der Waals surface area contributed by atoms with Gasteiger partial charge < -0.3 is 46.9 Å². The van der Waals surface area contributed by atoms with Crippen LogP contribution in [-0.2, 0) is 46.4 Å². The number of aldehydes is 1. The van der Waals surface area contributed by atoms with Gasteiger partial charge in [0.15, 0.2) is 6.29 Å². The van der Waals surface area contributed by atoms with E-state index >= 15 is 0 Å². The largest absolute Gasteiger partial charge is 0.481 e. The highest BCUT2D eigenvalue weighted by atomic mass is 19.1. The number of aromatic nitrogens is 3. The molecule has 0 aliphatic heterocycles. The Morgan fingerprint density at radius 2 is 1.65 bits per heavy atom. The van der Waals surface area contributed by atoms with E-state index in [1.54, 1.807) is 30.5 Å². The molecule has 0 saturated carbocycles. The number of rotatable bonds is 16. The number of halogens is 1. The predicted octanol–water partition coefficient (Wildman–Crippen LogP) is -0.882. The van der Waals surface area contributed by atoms with Gasteiger partial charge in [-0.15, -0.1) is 0 Å². The Kier molecular flexibility index (Phi) is 14.1. The second-order valence-corrected chi connectivity index (χ2v) is 9.87. The first kappa shape index (κ1) is 36.7. The molecule has 0 bridgehead atoms. The van der Waals surface area contributed by atoms with Gasteiger partial charge in [0, 0.05) is 41.8 Å². The van der Waals surface area contributed by atoms with Crippen molar-refractivity contribution in [3.05, 3.63) is 54.2 Å². The molecule has 0 fully saturated rings. The number of alkyl halides is 1. The van der Waals surface area contributed by atoms with Gasteiger partial charge in [0.25, 0.3) is 5.91 Å². The summed E-state index contributed by atoms with van der Waals surface area (Å²) < 4.78 is 10.4. The van der Waals surface area contributed by atoms with Crippen LogP contribution >= 0.6 is 0 Å². The number of aromatic amines is 2. The molecule has 248 valence electrons. The van der Waals surface area contributed by atoms with Gasteiger partial charge in [-0.3, -0.25) is 28.9 Å². The zero-order valence-electron chi connectivity index (χ0n) is 24.3. The molecule has 4 atom stereocenters. The molecule has 3 amide bonds. The fourth-order valence-electron chi connectivity index (χ4n) is 4.35. The van der Waals surface area contributed by atoms with E-state index in [1.807, 2.05) is 0 Å². The van der Waals surface area contributed by atoms with Crippen LogP contribution in [0.4, 0.5) is 4.39 Å². The van der Waals surface area contributed by atoms with Gasteiger partial charge in [-0.25, -0.2) is 14.2 Å². The van der Waals surface area contributed by atoms with E-state index in [1.165, 1.54) is 12.5 Å². The number of nitrogens with one attached hydrogen (secondary N) is 3. The van der Waals surface area contributed by atoms with Crippen LogP contribution in [0.25, 0.3) is 10.9 Å². The van der Waals surface area contributed by atoms with Crippen molar-refractivity contribution in [1.29, 1.82) is 0 Å². The van der Waals surface area contributed by atoms with Crippen LogP contribution in [0, 0.1) is 0 Å². The van der Waals surface area contributed by atoms with E-state index in [2.05, 4.69) is 20.3 Å². The van der Waals surface area contributed by atoms with Gasteiger partial charge >= 0.3 is 17.9 Å². The Hall–Kier alpha value is -5.49. The topological polar surface area (TPSA) is 292 Å². The minimum atomic E-state index is -2.17. The summed E-state index contributed by atoms with van der Waals surface area (Å²) in [5, 5.41) is 31.2. The van der Waals surface area contributed by atoms with E-state index in [0.29, 0.717) is 11.3 Å². The molecule has 18 heteroatoms. The number of nitrogens with zero attached hydrogens (tertiary/aromatic N) is 2. The van der Waals surface area contributed by atoms with Crippen molar-refractivity contribution < 1.29 is 53.3 Å². The highest BCUT2D eigenvalue weighted by Gasteiger charge is 2.42. The molecule has 10 N–H and O–H groups in total. The van der Waals surface area contributed by atoms with E-state index < -0.39 is 79.3 Å². The van der Waals surface area contributed by atoms with Crippen molar-refractivity contribution in [1.82, 2.24) is 25.2 Å². The van der Waals surface area contributed by atoms with Crippen molar-refractivity contribution in [3.8, 4) is 0 Å². The van der Waals surface area contributed by atoms with E-state index in [9.17, 15) is 43.4 Å². The maximum absolute atomic E-state index is 13.9. The normalized spacial score (nSPS) is 13.3. The second-order valence-electron chi connectivity index (χ2n) is 9.87. The van der Waals surface area contributed by atoms with Crippen LogP contribution in [0.3, 0.4) is 0 Å². The number of carbonyl (C=O) groups excluding carboxylic acids is 4. The van der Waals surface area contributed by atoms with Crippen LogP contribution in [0.5, 0.6) is 0 Å². The van der Waals surface area contributed by atoms with Crippen LogP contribution in [0.15, 0.2) is 43.0 Å². The number of hydrogen-bond acceptors (Lipinski definition) is 10. The number of carbonyl (C=O) groups is 7. The maximum atomic E-state index is 13.9. The molecule has 3 rings (SSSR count). The molecule has 0 aliphatic rings. The number of imide groups is 1. The summed E-state index contributed by atoms with van der Waals surface area (Å²) >= 11 is 0. The van der Waals surface area contributed by atoms with Gasteiger partial charge in [-0.2, -0.15) is 0 Å². The third kappa shape index (κ3) is 10.6. The molecule has 0 spiro atoms. The van der Waals surface area contributed by atoms with Gasteiger partial charge in [-0.1, -0.05) is 18.2 Å². The first-order chi connectivity index (χ1) is 21.8. The van der Waals surface area contributed by atoms with E-state index in [-0.39, 0.29) is 30.4 Å². The molecule has 17 nitrogen and oxygen atoms in total. The maximum Gasteiger partial charge on any atom is 0.327 e. The summed E-state index contributed by atoms with van der Waals surface area (Å²) in [6, 6.07) is 0.478. The highest BCUT2D eigenvalue weighted by Crippen LogP contribution is 2.20. The average Bonchev–Trinajstić information content (AvgIpc) is 3.68. The number of benzene rings is 1. The number of H-pyrrole nitrogens is 2. The Balaban J connectivity index is 0.00000173. The number of imidazole rings is 1. The van der Waals surface area contributed by atoms with Crippen molar-refractivity contribution in [2.24, 2.45) is 11.5 Å². The number of nitrogens with two attached hydrogens (primary N) is 2. The molecule has 0 radical (unpaired) electrons. The Labute approximate surface area is 260 Å². The summed E-state index contributed by atoms with van der Waals surface area (Å²) in [7, 11) is 0. The number of fused-ring (bicyclic) bond motifs is 1. The molecule has 3 aromatic rings. The number of carboxylic acid groups (broad SMARTS) is 3. The standard InChI is InChI=1S/C26H31N7O9.C2H3FO/c27-16(5-6-21(34)35)23(38)32-19(8-14-11-29-12-31-14)25(40)33(20(26(41)42)9-22(36)37)24(39)17(28)7-13-10-30-18-4-2-1-3-15(13)18;3-1-2-4/h1-4,10-12,16-17,19-20,30H,5-9,27-28H2,(H,29,31)(H,32,38)(H,34,35)(H,36,37)(H,41,42);2H,1H2. The first-order valence-electron chi connectivity index (χ1n) is 13.7.